The van der Waals surface area contributed by atoms with Gasteiger partial charge in [0.1, 0.15) is 18.5 Å². The summed E-state index contributed by atoms with van der Waals surface area (Å²) in [4.78, 5) is 16.8. The van der Waals surface area contributed by atoms with E-state index in [-0.39, 0.29) is 19.3 Å². The average molecular weight is 427 g/mol. The molecule has 31 heavy (non-hydrogen) atoms. The fourth-order valence-electron chi connectivity index (χ4n) is 3.84. The number of rotatable bonds is 7. The van der Waals surface area contributed by atoms with Crippen LogP contribution >= 0.6 is 0 Å². The third-order valence-electron chi connectivity index (χ3n) is 5.74. The normalized spacial score (nSPS) is 17.1. The number of carbonyl (C=O) groups excluding carboxylic acids is 1. The summed E-state index contributed by atoms with van der Waals surface area (Å²) in [5, 5.41) is 10.4. The Labute approximate surface area is 183 Å². The highest BCUT2D eigenvalue weighted by molar-refractivity contribution is 5.94. The van der Waals surface area contributed by atoms with E-state index in [1.165, 1.54) is 5.56 Å². The second kappa shape index (κ2) is 9.58. The predicted molar refractivity (Wildman–Crippen MR) is 117 cm³/mol. The summed E-state index contributed by atoms with van der Waals surface area (Å²) in [6, 6.07) is 13.3. The van der Waals surface area contributed by atoms with Crippen molar-refractivity contribution in [3.8, 4) is 17.2 Å². The second-order valence-electron chi connectivity index (χ2n) is 8.35. The van der Waals surface area contributed by atoms with Crippen LogP contribution in [-0.4, -0.2) is 73.0 Å². The molecule has 1 atom stereocenters. The molecule has 1 N–H and O–H groups in total. The monoisotopic (exact) mass is 426 g/mol. The first kappa shape index (κ1) is 21.5. The van der Waals surface area contributed by atoms with Crippen LogP contribution in [0.3, 0.4) is 0 Å². The van der Waals surface area contributed by atoms with Gasteiger partial charge >= 0.3 is 0 Å². The molecule has 0 aliphatic carbocycles. The summed E-state index contributed by atoms with van der Waals surface area (Å²) >= 11 is 0. The number of ether oxygens (including phenoxy) is 3. The van der Waals surface area contributed by atoms with E-state index in [2.05, 4.69) is 18.7 Å². The Bertz CT molecular complexity index is 891. The van der Waals surface area contributed by atoms with Gasteiger partial charge < -0.3 is 24.2 Å². The third-order valence-corrected chi connectivity index (χ3v) is 5.74. The number of hydrogen-bond acceptors (Lipinski definition) is 6. The van der Waals surface area contributed by atoms with E-state index in [0.29, 0.717) is 42.8 Å². The van der Waals surface area contributed by atoms with Gasteiger partial charge in [0.05, 0.1) is 0 Å². The lowest BCUT2D eigenvalue weighted by Gasteiger charge is -2.35. The van der Waals surface area contributed by atoms with Crippen molar-refractivity contribution >= 4 is 5.91 Å². The number of β-amino-alcohol motifs (C(OH)–C–C–N with tert-alkyl or cyclic N) is 1. The standard InChI is InChI=1S/C24H30N2O5/c1-17(2)18-3-5-19(6-4-18)24(28)26-11-9-25(10-12-26)14-20(27)15-29-21-7-8-22-23(13-21)31-16-30-22/h3-8,13,17,20,27H,9-12,14-16H2,1-2H3. The van der Waals surface area contributed by atoms with Crippen molar-refractivity contribution in [3.05, 3.63) is 53.6 Å². The Hall–Kier alpha value is -2.77. The second-order valence-corrected chi connectivity index (χ2v) is 8.35. The first-order valence-electron chi connectivity index (χ1n) is 10.8. The van der Waals surface area contributed by atoms with E-state index in [1.54, 1.807) is 18.2 Å². The number of piperazine rings is 1. The minimum Gasteiger partial charge on any atom is -0.491 e. The zero-order valence-electron chi connectivity index (χ0n) is 18.1. The number of hydrogen-bond donors (Lipinski definition) is 1. The number of carbonyl (C=O) groups is 1. The smallest absolute Gasteiger partial charge is 0.253 e. The molecular formula is C24H30N2O5. The van der Waals surface area contributed by atoms with Crippen LogP contribution in [0.15, 0.2) is 42.5 Å². The van der Waals surface area contributed by atoms with Crippen molar-refractivity contribution in [3.63, 3.8) is 0 Å². The predicted octanol–water partition coefficient (Wildman–Crippen LogP) is 2.74. The molecule has 4 rings (SSSR count). The SMILES string of the molecule is CC(C)c1ccc(C(=O)N2CCN(CC(O)COc3ccc4c(c3)OCO4)CC2)cc1. The minimum atomic E-state index is -0.615. The molecule has 7 heteroatoms. The molecule has 1 saturated heterocycles. The molecule has 1 amide bonds. The van der Waals surface area contributed by atoms with Crippen LogP contribution in [0.1, 0.15) is 35.7 Å². The zero-order valence-corrected chi connectivity index (χ0v) is 18.1. The highest BCUT2D eigenvalue weighted by atomic mass is 16.7. The van der Waals surface area contributed by atoms with Crippen molar-refractivity contribution < 1.29 is 24.1 Å². The van der Waals surface area contributed by atoms with Crippen LogP contribution in [0.25, 0.3) is 0 Å². The molecule has 0 aromatic heterocycles. The van der Waals surface area contributed by atoms with E-state index in [1.807, 2.05) is 29.2 Å². The van der Waals surface area contributed by atoms with Gasteiger partial charge in [-0.25, -0.2) is 0 Å². The molecule has 2 heterocycles. The molecule has 2 aromatic rings. The topological polar surface area (TPSA) is 71.5 Å². The first-order valence-corrected chi connectivity index (χ1v) is 10.8. The lowest BCUT2D eigenvalue weighted by atomic mass is 10.0. The minimum absolute atomic E-state index is 0.0710. The van der Waals surface area contributed by atoms with Crippen molar-refractivity contribution in [2.75, 3.05) is 46.1 Å². The number of nitrogens with zero attached hydrogens (tertiary/aromatic N) is 2. The lowest BCUT2D eigenvalue weighted by Crippen LogP contribution is -2.50. The molecule has 2 aliphatic rings. The Kier molecular flexibility index (Phi) is 6.63. The Balaban J connectivity index is 1.21. The molecule has 1 unspecified atom stereocenters. The summed E-state index contributed by atoms with van der Waals surface area (Å²) in [6.07, 6.45) is -0.615. The molecule has 166 valence electrons. The quantitative estimate of drug-likeness (QED) is 0.734. The molecule has 0 bridgehead atoms. The fraction of sp³-hybridized carbons (Fsp3) is 0.458. The number of fused-ring (bicyclic) bond motifs is 1. The number of aliphatic hydroxyl groups excluding tert-OH is 1. The van der Waals surface area contributed by atoms with E-state index < -0.39 is 6.10 Å². The van der Waals surface area contributed by atoms with Gasteiger partial charge in [-0.05, 0) is 35.7 Å². The zero-order chi connectivity index (χ0) is 21.8. The van der Waals surface area contributed by atoms with Gasteiger partial charge in [-0.1, -0.05) is 26.0 Å². The maximum Gasteiger partial charge on any atom is 0.253 e. The molecule has 2 aromatic carbocycles. The molecule has 1 fully saturated rings. The number of benzene rings is 2. The summed E-state index contributed by atoms with van der Waals surface area (Å²) in [7, 11) is 0. The summed E-state index contributed by atoms with van der Waals surface area (Å²) in [6.45, 7) is 7.99. The number of amides is 1. The van der Waals surface area contributed by atoms with Gasteiger partial charge in [0, 0.05) is 44.4 Å². The summed E-state index contributed by atoms with van der Waals surface area (Å²) in [5.41, 5.74) is 1.97. The van der Waals surface area contributed by atoms with E-state index >= 15 is 0 Å². The van der Waals surface area contributed by atoms with Gasteiger partial charge in [0.15, 0.2) is 11.5 Å². The molecule has 0 saturated carbocycles. The van der Waals surface area contributed by atoms with Crippen LogP contribution in [-0.2, 0) is 0 Å². The van der Waals surface area contributed by atoms with Crippen LogP contribution in [0.2, 0.25) is 0 Å². The van der Waals surface area contributed by atoms with Crippen LogP contribution < -0.4 is 14.2 Å². The number of aliphatic hydroxyl groups is 1. The lowest BCUT2D eigenvalue weighted by molar-refractivity contribution is 0.0403. The van der Waals surface area contributed by atoms with Crippen LogP contribution in [0.4, 0.5) is 0 Å². The maximum atomic E-state index is 12.8. The maximum absolute atomic E-state index is 12.8. The molecule has 0 radical (unpaired) electrons. The van der Waals surface area contributed by atoms with Crippen LogP contribution in [0, 0.1) is 0 Å². The molecular weight excluding hydrogens is 396 g/mol. The van der Waals surface area contributed by atoms with Gasteiger partial charge in [-0.15, -0.1) is 0 Å². The fourth-order valence-corrected chi connectivity index (χ4v) is 3.84. The Morgan fingerprint density at radius 3 is 2.45 bits per heavy atom. The van der Waals surface area contributed by atoms with Gasteiger partial charge in [0.2, 0.25) is 6.79 Å². The van der Waals surface area contributed by atoms with E-state index in [4.69, 9.17) is 14.2 Å². The highest BCUT2D eigenvalue weighted by Gasteiger charge is 2.24. The van der Waals surface area contributed by atoms with Crippen molar-refractivity contribution in [1.82, 2.24) is 9.80 Å². The van der Waals surface area contributed by atoms with E-state index in [9.17, 15) is 9.90 Å². The van der Waals surface area contributed by atoms with Gasteiger partial charge in [-0.3, -0.25) is 9.69 Å². The van der Waals surface area contributed by atoms with Crippen molar-refractivity contribution in [1.29, 1.82) is 0 Å². The third kappa shape index (κ3) is 5.29. The highest BCUT2D eigenvalue weighted by Crippen LogP contribution is 2.35. The summed E-state index contributed by atoms with van der Waals surface area (Å²) in [5.74, 6) is 2.53. The molecule has 0 spiro atoms. The first-order chi connectivity index (χ1) is 15.0. The summed E-state index contributed by atoms with van der Waals surface area (Å²) < 4.78 is 16.3. The van der Waals surface area contributed by atoms with E-state index in [0.717, 1.165) is 18.7 Å². The van der Waals surface area contributed by atoms with Gasteiger partial charge in [0.25, 0.3) is 5.91 Å². The van der Waals surface area contributed by atoms with Crippen LogP contribution in [0.5, 0.6) is 17.2 Å². The Morgan fingerprint density at radius 1 is 1.03 bits per heavy atom. The average Bonchev–Trinajstić information content (AvgIpc) is 3.26. The largest absolute Gasteiger partial charge is 0.491 e. The Morgan fingerprint density at radius 2 is 1.74 bits per heavy atom. The molecule has 2 aliphatic heterocycles. The van der Waals surface area contributed by atoms with Crippen molar-refractivity contribution in [2.24, 2.45) is 0 Å². The molecule has 7 nitrogen and oxygen atoms in total. The van der Waals surface area contributed by atoms with Crippen molar-refractivity contribution in [2.45, 2.75) is 25.9 Å². The van der Waals surface area contributed by atoms with Gasteiger partial charge in [-0.2, -0.15) is 0 Å².